The molecule has 1 aromatic heterocycles. The van der Waals surface area contributed by atoms with Gasteiger partial charge in [0.1, 0.15) is 0 Å². The standard InChI is InChI=1S/C12H9BrN2OS/c13-10-3-1-2-9(8-10)4-5-11(16)15-12-14-6-7-17-12/h1-8H,(H,14,15,16). The Morgan fingerprint density at radius 2 is 2.35 bits per heavy atom. The number of carbonyl (C=O) groups excluding carboxylic acids is 1. The van der Waals surface area contributed by atoms with Gasteiger partial charge >= 0.3 is 0 Å². The molecule has 1 amide bonds. The number of benzene rings is 1. The van der Waals surface area contributed by atoms with Crippen molar-refractivity contribution in [2.45, 2.75) is 0 Å². The molecule has 1 N–H and O–H groups in total. The van der Waals surface area contributed by atoms with Crippen molar-refractivity contribution in [3.63, 3.8) is 0 Å². The van der Waals surface area contributed by atoms with E-state index in [-0.39, 0.29) is 5.91 Å². The van der Waals surface area contributed by atoms with E-state index in [0.29, 0.717) is 5.13 Å². The first-order valence-corrected chi connectivity index (χ1v) is 6.55. The summed E-state index contributed by atoms with van der Waals surface area (Å²) in [7, 11) is 0. The molecule has 1 aromatic carbocycles. The number of anilines is 1. The van der Waals surface area contributed by atoms with Gasteiger partial charge in [0.15, 0.2) is 5.13 Å². The summed E-state index contributed by atoms with van der Waals surface area (Å²) in [5.74, 6) is -0.181. The minimum atomic E-state index is -0.181. The third-order valence-corrected chi connectivity index (χ3v) is 3.12. The minimum absolute atomic E-state index is 0.181. The van der Waals surface area contributed by atoms with E-state index >= 15 is 0 Å². The molecule has 0 spiro atoms. The number of rotatable bonds is 3. The maximum absolute atomic E-state index is 11.5. The molecule has 5 heteroatoms. The second kappa shape index (κ2) is 5.75. The van der Waals surface area contributed by atoms with Gasteiger partial charge in [-0.25, -0.2) is 4.98 Å². The molecule has 17 heavy (non-hydrogen) atoms. The second-order valence-electron chi connectivity index (χ2n) is 3.21. The predicted octanol–water partition coefficient (Wildman–Crippen LogP) is 3.56. The zero-order valence-corrected chi connectivity index (χ0v) is 11.2. The van der Waals surface area contributed by atoms with Crippen LogP contribution in [0.15, 0.2) is 46.4 Å². The summed E-state index contributed by atoms with van der Waals surface area (Å²) >= 11 is 4.77. The molecule has 0 unspecified atom stereocenters. The Morgan fingerprint density at radius 1 is 1.47 bits per heavy atom. The first-order chi connectivity index (χ1) is 8.24. The molecular formula is C12H9BrN2OS. The third kappa shape index (κ3) is 3.80. The number of nitrogens with zero attached hydrogens (tertiary/aromatic N) is 1. The number of amides is 1. The number of carbonyl (C=O) groups is 1. The Balaban J connectivity index is 1.99. The van der Waals surface area contributed by atoms with Crippen molar-refractivity contribution in [3.8, 4) is 0 Å². The van der Waals surface area contributed by atoms with E-state index in [9.17, 15) is 4.79 Å². The number of hydrogen-bond acceptors (Lipinski definition) is 3. The fraction of sp³-hybridized carbons (Fsp3) is 0. The lowest BCUT2D eigenvalue weighted by atomic mass is 10.2. The molecule has 0 aliphatic rings. The lowest BCUT2D eigenvalue weighted by molar-refractivity contribution is -0.111. The number of hydrogen-bond donors (Lipinski definition) is 1. The number of nitrogens with one attached hydrogen (secondary N) is 1. The van der Waals surface area contributed by atoms with Crippen LogP contribution in [-0.4, -0.2) is 10.9 Å². The average Bonchev–Trinajstić information content (AvgIpc) is 2.79. The summed E-state index contributed by atoms with van der Waals surface area (Å²) in [6.45, 7) is 0. The highest BCUT2D eigenvalue weighted by Gasteiger charge is 1.99. The largest absolute Gasteiger partial charge is 0.298 e. The molecule has 0 aliphatic heterocycles. The van der Waals surface area contributed by atoms with Crippen molar-refractivity contribution >= 4 is 44.4 Å². The summed E-state index contributed by atoms with van der Waals surface area (Å²) in [4.78, 5) is 15.5. The normalized spacial score (nSPS) is 10.6. The highest BCUT2D eigenvalue weighted by atomic mass is 79.9. The molecule has 0 aliphatic carbocycles. The number of halogens is 1. The summed E-state index contributed by atoms with van der Waals surface area (Å²) in [6, 6.07) is 7.72. The lowest BCUT2D eigenvalue weighted by Crippen LogP contribution is -2.06. The Bertz CT molecular complexity index is 537. The van der Waals surface area contributed by atoms with Gasteiger partial charge in [-0.3, -0.25) is 10.1 Å². The van der Waals surface area contributed by atoms with Crippen molar-refractivity contribution in [2.75, 3.05) is 5.32 Å². The van der Waals surface area contributed by atoms with Gasteiger partial charge in [-0.1, -0.05) is 28.1 Å². The quantitative estimate of drug-likeness (QED) is 0.881. The third-order valence-electron chi connectivity index (χ3n) is 1.94. The van der Waals surface area contributed by atoms with Crippen LogP contribution in [0.5, 0.6) is 0 Å². The maximum Gasteiger partial charge on any atom is 0.250 e. The minimum Gasteiger partial charge on any atom is -0.298 e. The second-order valence-corrected chi connectivity index (χ2v) is 5.03. The number of thiazole rings is 1. The van der Waals surface area contributed by atoms with E-state index in [1.807, 2.05) is 29.6 Å². The Morgan fingerprint density at radius 3 is 3.06 bits per heavy atom. The van der Waals surface area contributed by atoms with Crippen LogP contribution >= 0.6 is 27.3 Å². The van der Waals surface area contributed by atoms with Crippen LogP contribution in [0.3, 0.4) is 0 Å². The maximum atomic E-state index is 11.5. The van der Waals surface area contributed by atoms with Gasteiger partial charge in [0.05, 0.1) is 0 Å². The van der Waals surface area contributed by atoms with E-state index < -0.39 is 0 Å². The Hall–Kier alpha value is -1.46. The van der Waals surface area contributed by atoms with Crippen LogP contribution in [0.2, 0.25) is 0 Å². The van der Waals surface area contributed by atoms with E-state index in [1.165, 1.54) is 17.4 Å². The SMILES string of the molecule is O=C(C=Cc1cccc(Br)c1)Nc1nccs1. The molecule has 86 valence electrons. The zero-order valence-electron chi connectivity index (χ0n) is 8.76. The summed E-state index contributed by atoms with van der Waals surface area (Å²) in [5.41, 5.74) is 0.966. The lowest BCUT2D eigenvalue weighted by Gasteiger charge is -1.96. The van der Waals surface area contributed by atoms with Gasteiger partial charge in [0.25, 0.3) is 0 Å². The van der Waals surface area contributed by atoms with Crippen LogP contribution in [0.1, 0.15) is 5.56 Å². The molecule has 3 nitrogen and oxygen atoms in total. The fourth-order valence-corrected chi connectivity index (χ4v) is 2.16. The smallest absolute Gasteiger partial charge is 0.250 e. The van der Waals surface area contributed by atoms with Gasteiger partial charge < -0.3 is 0 Å². The van der Waals surface area contributed by atoms with Crippen molar-refractivity contribution in [1.29, 1.82) is 0 Å². The number of aromatic nitrogens is 1. The van der Waals surface area contributed by atoms with E-state index in [2.05, 4.69) is 26.2 Å². The average molecular weight is 309 g/mol. The molecule has 0 atom stereocenters. The Labute approximate surface area is 111 Å². The predicted molar refractivity (Wildman–Crippen MR) is 73.9 cm³/mol. The van der Waals surface area contributed by atoms with E-state index in [4.69, 9.17) is 0 Å². The molecule has 2 rings (SSSR count). The van der Waals surface area contributed by atoms with Gasteiger partial charge in [-0.15, -0.1) is 11.3 Å². The molecule has 0 saturated heterocycles. The van der Waals surface area contributed by atoms with Crippen LogP contribution in [0.25, 0.3) is 6.08 Å². The first-order valence-electron chi connectivity index (χ1n) is 4.88. The highest BCUT2D eigenvalue weighted by Crippen LogP contribution is 2.13. The van der Waals surface area contributed by atoms with Crippen molar-refractivity contribution in [1.82, 2.24) is 4.98 Å². The first kappa shape index (κ1) is 12.0. The van der Waals surface area contributed by atoms with Gasteiger partial charge in [-0.05, 0) is 23.8 Å². The Kier molecular flexibility index (Phi) is 4.06. The molecule has 0 fully saturated rings. The van der Waals surface area contributed by atoms with Gasteiger partial charge in [0, 0.05) is 22.1 Å². The van der Waals surface area contributed by atoms with Crippen LogP contribution in [0, 0.1) is 0 Å². The summed E-state index contributed by atoms with van der Waals surface area (Å²) < 4.78 is 0.986. The summed E-state index contributed by atoms with van der Waals surface area (Å²) in [5, 5.41) is 5.10. The molecular weight excluding hydrogens is 300 g/mol. The van der Waals surface area contributed by atoms with Crippen molar-refractivity contribution in [3.05, 3.63) is 52.0 Å². The van der Waals surface area contributed by atoms with Crippen LogP contribution < -0.4 is 5.32 Å². The van der Waals surface area contributed by atoms with Crippen LogP contribution in [-0.2, 0) is 4.79 Å². The molecule has 1 heterocycles. The molecule has 0 bridgehead atoms. The van der Waals surface area contributed by atoms with Gasteiger partial charge in [0.2, 0.25) is 5.91 Å². The molecule has 0 saturated carbocycles. The topological polar surface area (TPSA) is 42.0 Å². The molecule has 0 radical (unpaired) electrons. The van der Waals surface area contributed by atoms with E-state index in [0.717, 1.165) is 10.0 Å². The van der Waals surface area contributed by atoms with E-state index in [1.54, 1.807) is 12.3 Å². The summed E-state index contributed by atoms with van der Waals surface area (Å²) in [6.07, 6.45) is 4.90. The molecule has 2 aromatic rings. The monoisotopic (exact) mass is 308 g/mol. The van der Waals surface area contributed by atoms with Crippen LogP contribution in [0.4, 0.5) is 5.13 Å². The zero-order chi connectivity index (χ0) is 12.1. The highest BCUT2D eigenvalue weighted by molar-refractivity contribution is 9.10. The fourth-order valence-electron chi connectivity index (χ4n) is 1.21. The van der Waals surface area contributed by atoms with Gasteiger partial charge in [-0.2, -0.15) is 0 Å². The van der Waals surface area contributed by atoms with Crippen molar-refractivity contribution in [2.24, 2.45) is 0 Å². The van der Waals surface area contributed by atoms with Crippen molar-refractivity contribution < 1.29 is 4.79 Å².